The molecule has 3 rings (SSSR count). The van der Waals surface area contributed by atoms with Crippen molar-refractivity contribution in [1.29, 1.82) is 0 Å². The van der Waals surface area contributed by atoms with Crippen LogP contribution in [0.1, 0.15) is 33.9 Å². The van der Waals surface area contributed by atoms with E-state index in [1.54, 1.807) is 17.4 Å². The van der Waals surface area contributed by atoms with Crippen molar-refractivity contribution in [3.63, 3.8) is 0 Å². The number of benzene rings is 1. The summed E-state index contributed by atoms with van der Waals surface area (Å²) in [5.41, 5.74) is 2.13. The Balaban J connectivity index is 1.91. The number of rotatable bonds is 3. The minimum absolute atomic E-state index is 0.0260. The number of hydrogen-bond donors (Lipinski definition) is 1. The molecular formula is C17H15ClN2OS. The number of fused-ring (bicyclic) bond motifs is 1. The van der Waals surface area contributed by atoms with E-state index >= 15 is 0 Å². The van der Waals surface area contributed by atoms with Gasteiger partial charge in [-0.05, 0) is 49.6 Å². The Kier molecular flexibility index (Phi) is 4.14. The molecule has 2 heterocycles. The molecule has 1 atom stereocenters. The van der Waals surface area contributed by atoms with E-state index in [4.69, 9.17) is 11.6 Å². The minimum Gasteiger partial charge on any atom is -0.345 e. The van der Waals surface area contributed by atoms with Gasteiger partial charge in [0.1, 0.15) is 0 Å². The maximum absolute atomic E-state index is 12.5. The van der Waals surface area contributed by atoms with E-state index < -0.39 is 0 Å². The molecule has 112 valence electrons. The van der Waals surface area contributed by atoms with Gasteiger partial charge < -0.3 is 5.32 Å². The molecule has 0 bridgehead atoms. The molecule has 2 aromatic heterocycles. The normalized spacial score (nSPS) is 12.3. The Bertz CT molecular complexity index is 830. The summed E-state index contributed by atoms with van der Waals surface area (Å²) in [6, 6.07) is 11.3. The van der Waals surface area contributed by atoms with Crippen LogP contribution in [-0.2, 0) is 0 Å². The Labute approximate surface area is 138 Å². The zero-order valence-corrected chi connectivity index (χ0v) is 13.8. The molecule has 0 spiro atoms. The van der Waals surface area contributed by atoms with E-state index in [-0.39, 0.29) is 11.9 Å². The van der Waals surface area contributed by atoms with Crippen LogP contribution in [0.5, 0.6) is 0 Å². The van der Waals surface area contributed by atoms with Crippen molar-refractivity contribution in [2.45, 2.75) is 19.9 Å². The number of aromatic nitrogens is 1. The zero-order chi connectivity index (χ0) is 15.7. The largest absolute Gasteiger partial charge is 0.345 e. The van der Waals surface area contributed by atoms with Gasteiger partial charge in [0.05, 0.1) is 22.8 Å². The molecule has 0 saturated heterocycles. The lowest BCUT2D eigenvalue weighted by atomic mass is 10.1. The number of aryl methyl sites for hydroxylation is 1. The number of halogens is 1. The van der Waals surface area contributed by atoms with Gasteiger partial charge in [-0.1, -0.05) is 17.7 Å². The average Bonchev–Trinajstić information content (AvgIpc) is 3.01. The second-order valence-corrected chi connectivity index (χ2v) is 6.58. The number of pyridine rings is 1. The fourth-order valence-corrected chi connectivity index (χ4v) is 3.27. The van der Waals surface area contributed by atoms with Crippen molar-refractivity contribution in [2.24, 2.45) is 0 Å². The molecule has 0 aliphatic heterocycles. The first-order valence-corrected chi connectivity index (χ1v) is 8.21. The molecule has 0 aliphatic carbocycles. The fourth-order valence-electron chi connectivity index (χ4n) is 2.36. The van der Waals surface area contributed by atoms with Crippen molar-refractivity contribution in [3.05, 3.63) is 62.9 Å². The van der Waals surface area contributed by atoms with Crippen LogP contribution in [0.2, 0.25) is 5.02 Å². The summed E-state index contributed by atoms with van der Waals surface area (Å²) in [5.74, 6) is -0.118. The van der Waals surface area contributed by atoms with Crippen LogP contribution in [0.15, 0.2) is 41.8 Å². The van der Waals surface area contributed by atoms with Gasteiger partial charge in [0, 0.05) is 15.3 Å². The number of thiophene rings is 1. The SMILES string of the molecule is Cc1nc2ccc(Cl)cc2cc1C(=O)NC(C)c1cccs1. The van der Waals surface area contributed by atoms with Crippen LogP contribution >= 0.6 is 22.9 Å². The summed E-state index contributed by atoms with van der Waals surface area (Å²) in [5, 5.41) is 6.52. The highest BCUT2D eigenvalue weighted by Gasteiger charge is 2.15. The molecule has 0 aliphatic rings. The molecule has 5 heteroatoms. The molecule has 0 saturated carbocycles. The summed E-state index contributed by atoms with van der Waals surface area (Å²) >= 11 is 7.64. The average molecular weight is 331 g/mol. The van der Waals surface area contributed by atoms with Crippen LogP contribution in [0.25, 0.3) is 10.9 Å². The smallest absolute Gasteiger partial charge is 0.253 e. The van der Waals surface area contributed by atoms with Gasteiger partial charge >= 0.3 is 0 Å². The monoisotopic (exact) mass is 330 g/mol. The van der Waals surface area contributed by atoms with E-state index in [0.29, 0.717) is 16.3 Å². The number of carbonyl (C=O) groups is 1. The third-order valence-corrected chi connectivity index (χ3v) is 4.82. The Morgan fingerprint density at radius 2 is 2.14 bits per heavy atom. The standard InChI is InChI=1S/C17H15ClN2OS/c1-10-14(9-12-8-13(18)5-6-15(12)19-10)17(21)20-11(2)16-4-3-7-22-16/h3-9,11H,1-2H3,(H,20,21). The highest BCUT2D eigenvalue weighted by Crippen LogP contribution is 2.22. The molecule has 3 nitrogen and oxygen atoms in total. The second kappa shape index (κ2) is 6.07. The number of nitrogens with zero attached hydrogens (tertiary/aromatic N) is 1. The van der Waals surface area contributed by atoms with Gasteiger partial charge in [0.2, 0.25) is 0 Å². The zero-order valence-electron chi connectivity index (χ0n) is 12.3. The lowest BCUT2D eigenvalue weighted by Crippen LogP contribution is -2.27. The molecule has 1 N–H and O–H groups in total. The van der Waals surface area contributed by atoms with Crippen molar-refractivity contribution in [1.82, 2.24) is 10.3 Å². The van der Waals surface area contributed by atoms with Gasteiger partial charge in [0.15, 0.2) is 0 Å². The van der Waals surface area contributed by atoms with Crippen LogP contribution in [0.4, 0.5) is 0 Å². The van der Waals surface area contributed by atoms with Crippen LogP contribution < -0.4 is 5.32 Å². The van der Waals surface area contributed by atoms with Gasteiger partial charge in [-0.25, -0.2) is 0 Å². The van der Waals surface area contributed by atoms with E-state index in [0.717, 1.165) is 15.8 Å². The second-order valence-electron chi connectivity index (χ2n) is 5.17. The molecule has 1 aromatic carbocycles. The lowest BCUT2D eigenvalue weighted by molar-refractivity contribution is 0.0939. The summed E-state index contributed by atoms with van der Waals surface area (Å²) in [4.78, 5) is 18.1. The summed E-state index contributed by atoms with van der Waals surface area (Å²) in [6.45, 7) is 3.82. The molecule has 1 unspecified atom stereocenters. The highest BCUT2D eigenvalue weighted by atomic mass is 35.5. The van der Waals surface area contributed by atoms with Crippen LogP contribution in [0, 0.1) is 6.92 Å². The first kappa shape index (κ1) is 15.0. The van der Waals surface area contributed by atoms with E-state index in [9.17, 15) is 4.79 Å². The predicted molar refractivity (Wildman–Crippen MR) is 91.7 cm³/mol. The third-order valence-electron chi connectivity index (χ3n) is 3.53. The Hall–Kier alpha value is -1.91. The summed E-state index contributed by atoms with van der Waals surface area (Å²) in [6.07, 6.45) is 0. The van der Waals surface area contributed by atoms with Crippen LogP contribution in [0.3, 0.4) is 0 Å². The van der Waals surface area contributed by atoms with E-state index in [2.05, 4.69) is 10.3 Å². The number of amides is 1. The van der Waals surface area contributed by atoms with Crippen LogP contribution in [-0.4, -0.2) is 10.9 Å². The first-order chi connectivity index (χ1) is 10.5. The van der Waals surface area contributed by atoms with Crippen molar-refractivity contribution in [3.8, 4) is 0 Å². The summed E-state index contributed by atoms with van der Waals surface area (Å²) in [7, 11) is 0. The molecule has 22 heavy (non-hydrogen) atoms. The van der Waals surface area contributed by atoms with Gasteiger partial charge in [-0.15, -0.1) is 11.3 Å². The number of nitrogens with one attached hydrogen (secondary N) is 1. The maximum atomic E-state index is 12.5. The minimum atomic E-state index is -0.118. The predicted octanol–water partition coefficient (Wildman–Crippen LogP) is 4.75. The molecule has 1 amide bonds. The Morgan fingerprint density at radius 3 is 2.86 bits per heavy atom. The molecular weight excluding hydrogens is 316 g/mol. The molecule has 0 fully saturated rings. The fraction of sp³-hybridized carbons (Fsp3) is 0.176. The van der Waals surface area contributed by atoms with Gasteiger partial charge in [-0.2, -0.15) is 0 Å². The first-order valence-electron chi connectivity index (χ1n) is 6.96. The molecule has 3 aromatic rings. The number of carbonyl (C=O) groups excluding carboxylic acids is 1. The van der Waals surface area contributed by atoms with Crippen molar-refractivity contribution in [2.75, 3.05) is 0 Å². The lowest BCUT2D eigenvalue weighted by Gasteiger charge is -2.14. The topological polar surface area (TPSA) is 42.0 Å². The van der Waals surface area contributed by atoms with Crippen molar-refractivity contribution < 1.29 is 4.79 Å². The van der Waals surface area contributed by atoms with Crippen molar-refractivity contribution >= 4 is 39.7 Å². The van der Waals surface area contributed by atoms with E-state index in [1.165, 1.54) is 0 Å². The molecule has 0 radical (unpaired) electrons. The van der Waals surface area contributed by atoms with Gasteiger partial charge in [-0.3, -0.25) is 9.78 Å². The van der Waals surface area contributed by atoms with E-state index in [1.807, 2.05) is 49.6 Å². The quantitative estimate of drug-likeness (QED) is 0.753. The Morgan fingerprint density at radius 1 is 1.32 bits per heavy atom. The highest BCUT2D eigenvalue weighted by molar-refractivity contribution is 7.10. The summed E-state index contributed by atoms with van der Waals surface area (Å²) < 4.78 is 0. The third kappa shape index (κ3) is 2.98. The maximum Gasteiger partial charge on any atom is 0.253 e. The van der Waals surface area contributed by atoms with Gasteiger partial charge in [0.25, 0.3) is 5.91 Å². The number of hydrogen-bond acceptors (Lipinski definition) is 3.